The molecule has 39 heavy (non-hydrogen) atoms. The molecule has 0 aromatic heterocycles. The molecule has 0 heterocycles. The van der Waals surface area contributed by atoms with Gasteiger partial charge in [-0.2, -0.15) is 0 Å². The van der Waals surface area contributed by atoms with E-state index in [4.69, 9.17) is 23.2 Å². The van der Waals surface area contributed by atoms with Gasteiger partial charge in [-0.1, -0.05) is 66.5 Å². The minimum Gasteiger partial charge on any atom is -0.355 e. The number of anilines is 1. The topological polar surface area (TPSA) is 86.8 Å². The Morgan fingerprint density at radius 3 is 2.15 bits per heavy atom. The quantitative estimate of drug-likeness (QED) is 0.308. The van der Waals surface area contributed by atoms with Crippen LogP contribution in [0, 0.1) is 13.8 Å². The first-order valence-electron chi connectivity index (χ1n) is 12.7. The third kappa shape index (κ3) is 7.12. The number of sulfonamides is 1. The summed E-state index contributed by atoms with van der Waals surface area (Å²) in [6.45, 7) is 7.00. The van der Waals surface area contributed by atoms with Crippen LogP contribution in [0.1, 0.15) is 37.0 Å². The van der Waals surface area contributed by atoms with Crippen molar-refractivity contribution in [1.29, 1.82) is 0 Å². The van der Waals surface area contributed by atoms with Crippen LogP contribution >= 0.6 is 23.2 Å². The van der Waals surface area contributed by atoms with Crippen LogP contribution in [0.2, 0.25) is 10.0 Å². The summed E-state index contributed by atoms with van der Waals surface area (Å²) in [5.74, 6) is -0.912. The van der Waals surface area contributed by atoms with E-state index in [1.807, 2.05) is 19.1 Å². The number of aryl methyl sites for hydroxylation is 2. The number of nitrogens with zero attached hydrogens (tertiary/aromatic N) is 2. The lowest BCUT2D eigenvalue weighted by Gasteiger charge is -2.34. The predicted molar refractivity (Wildman–Crippen MR) is 157 cm³/mol. The second kappa shape index (κ2) is 13.3. The fourth-order valence-corrected chi connectivity index (χ4v) is 6.29. The number of halogens is 2. The summed E-state index contributed by atoms with van der Waals surface area (Å²) in [5, 5.41) is 3.46. The van der Waals surface area contributed by atoms with E-state index in [2.05, 4.69) is 5.32 Å². The van der Waals surface area contributed by atoms with Gasteiger partial charge in [0.1, 0.15) is 12.6 Å². The Balaban J connectivity index is 2.13. The second-order valence-corrected chi connectivity index (χ2v) is 11.8. The van der Waals surface area contributed by atoms with Crippen molar-refractivity contribution >= 4 is 50.7 Å². The highest BCUT2D eigenvalue weighted by atomic mass is 35.5. The normalized spacial score (nSPS) is 12.1. The minimum atomic E-state index is -4.14. The molecule has 0 bridgehead atoms. The number of carbonyl (C=O) groups is 2. The molecule has 0 saturated heterocycles. The Labute approximate surface area is 240 Å². The number of nitrogens with one attached hydrogen (secondary N) is 1. The average molecular weight is 591 g/mol. The molecule has 3 rings (SSSR count). The monoisotopic (exact) mass is 589 g/mol. The van der Waals surface area contributed by atoms with E-state index in [0.29, 0.717) is 39.8 Å². The molecule has 7 nitrogen and oxygen atoms in total. The van der Waals surface area contributed by atoms with E-state index < -0.39 is 28.5 Å². The van der Waals surface area contributed by atoms with E-state index in [-0.39, 0.29) is 17.3 Å². The zero-order valence-electron chi connectivity index (χ0n) is 22.4. The maximum absolute atomic E-state index is 14.1. The molecule has 0 fully saturated rings. The summed E-state index contributed by atoms with van der Waals surface area (Å²) in [4.78, 5) is 28.6. The summed E-state index contributed by atoms with van der Waals surface area (Å²) < 4.78 is 29.0. The van der Waals surface area contributed by atoms with E-state index in [0.717, 1.165) is 9.87 Å². The number of rotatable bonds is 11. The summed E-state index contributed by atoms with van der Waals surface area (Å²) in [6.07, 6.45) is 0.300. The van der Waals surface area contributed by atoms with Gasteiger partial charge in [0.05, 0.1) is 10.6 Å². The third-order valence-corrected chi connectivity index (χ3v) is 8.85. The van der Waals surface area contributed by atoms with Gasteiger partial charge in [0.15, 0.2) is 0 Å². The number of carbonyl (C=O) groups excluding carboxylic acids is 2. The Kier molecular flexibility index (Phi) is 10.4. The number of likely N-dealkylation sites (N-methyl/N-ethyl adjacent to an activating group) is 1. The van der Waals surface area contributed by atoms with Gasteiger partial charge in [-0.05, 0) is 68.7 Å². The molecular weight excluding hydrogens is 557 g/mol. The second-order valence-electron chi connectivity index (χ2n) is 9.16. The molecule has 0 aliphatic rings. The standard InChI is InChI=1S/C29H33Cl2N3O4S/c1-5-26(29(36)32-6-2)33(18-23-24(30)13-10-14-25(23)31)28(35)19-34(27-17-20(3)15-16-21(27)4)39(37,38)22-11-8-7-9-12-22/h7-17,26H,5-6,18-19H2,1-4H3,(H,32,36). The molecular formula is C29H33Cl2N3O4S. The van der Waals surface area contributed by atoms with Crippen LogP contribution in [0.25, 0.3) is 0 Å². The molecule has 1 unspecified atom stereocenters. The van der Waals surface area contributed by atoms with Crippen molar-refractivity contribution in [3.8, 4) is 0 Å². The SMILES string of the molecule is CCNC(=O)C(CC)N(Cc1c(Cl)cccc1Cl)C(=O)CN(c1cc(C)ccc1C)S(=O)(=O)c1ccccc1. The average Bonchev–Trinajstić information content (AvgIpc) is 2.90. The summed E-state index contributed by atoms with van der Waals surface area (Å²) in [5.41, 5.74) is 2.38. The smallest absolute Gasteiger partial charge is 0.264 e. The molecule has 3 aromatic rings. The van der Waals surface area contributed by atoms with Gasteiger partial charge in [0.2, 0.25) is 11.8 Å². The predicted octanol–water partition coefficient (Wildman–Crippen LogP) is 5.75. The highest BCUT2D eigenvalue weighted by Crippen LogP contribution is 2.30. The lowest BCUT2D eigenvalue weighted by atomic mass is 10.1. The molecule has 0 aliphatic carbocycles. The fourth-order valence-electron chi connectivity index (χ4n) is 4.29. The van der Waals surface area contributed by atoms with Crippen LogP contribution in [0.4, 0.5) is 5.69 Å². The van der Waals surface area contributed by atoms with E-state index >= 15 is 0 Å². The van der Waals surface area contributed by atoms with Crippen molar-refractivity contribution in [3.05, 3.63) is 93.5 Å². The molecule has 10 heteroatoms. The van der Waals surface area contributed by atoms with Gasteiger partial charge in [-0.3, -0.25) is 13.9 Å². The molecule has 0 saturated carbocycles. The van der Waals surface area contributed by atoms with E-state index in [9.17, 15) is 18.0 Å². The van der Waals surface area contributed by atoms with Gasteiger partial charge in [0, 0.05) is 28.7 Å². The van der Waals surface area contributed by atoms with Crippen LogP contribution in [-0.4, -0.2) is 44.3 Å². The van der Waals surface area contributed by atoms with Gasteiger partial charge in [0.25, 0.3) is 10.0 Å². The summed E-state index contributed by atoms with van der Waals surface area (Å²) >= 11 is 12.9. The van der Waals surface area contributed by atoms with Gasteiger partial charge < -0.3 is 10.2 Å². The van der Waals surface area contributed by atoms with E-state index in [1.54, 1.807) is 63.2 Å². The zero-order chi connectivity index (χ0) is 28.7. The molecule has 3 aromatic carbocycles. The highest BCUT2D eigenvalue weighted by Gasteiger charge is 2.34. The molecule has 0 aliphatic heterocycles. The third-order valence-electron chi connectivity index (χ3n) is 6.37. The minimum absolute atomic E-state index is 0.0511. The van der Waals surface area contributed by atoms with Crippen molar-refractivity contribution in [1.82, 2.24) is 10.2 Å². The van der Waals surface area contributed by atoms with Crippen LogP contribution in [0.5, 0.6) is 0 Å². The molecule has 1 atom stereocenters. The van der Waals surface area contributed by atoms with Gasteiger partial charge in [-0.15, -0.1) is 0 Å². The number of hydrogen-bond acceptors (Lipinski definition) is 4. The van der Waals surface area contributed by atoms with Crippen molar-refractivity contribution in [3.63, 3.8) is 0 Å². The van der Waals surface area contributed by atoms with Crippen molar-refractivity contribution in [2.45, 2.75) is 51.6 Å². The Morgan fingerprint density at radius 2 is 1.56 bits per heavy atom. The summed E-state index contributed by atoms with van der Waals surface area (Å²) in [7, 11) is -4.14. The molecule has 0 radical (unpaired) electrons. The van der Waals surface area contributed by atoms with Crippen LogP contribution in [0.15, 0.2) is 71.6 Å². The molecule has 1 N–H and O–H groups in total. The van der Waals surface area contributed by atoms with Gasteiger partial charge in [-0.25, -0.2) is 8.42 Å². The Morgan fingerprint density at radius 1 is 0.923 bits per heavy atom. The number of amides is 2. The van der Waals surface area contributed by atoms with Gasteiger partial charge >= 0.3 is 0 Å². The maximum Gasteiger partial charge on any atom is 0.264 e. The largest absolute Gasteiger partial charge is 0.355 e. The Bertz CT molecular complexity index is 1410. The Hall–Kier alpha value is -3.07. The van der Waals surface area contributed by atoms with E-state index in [1.165, 1.54) is 17.0 Å². The van der Waals surface area contributed by atoms with Crippen molar-refractivity contribution in [2.24, 2.45) is 0 Å². The molecule has 208 valence electrons. The molecule has 2 amide bonds. The highest BCUT2D eigenvalue weighted by molar-refractivity contribution is 7.92. The van der Waals surface area contributed by atoms with Crippen LogP contribution in [-0.2, 0) is 26.2 Å². The van der Waals surface area contributed by atoms with Crippen LogP contribution < -0.4 is 9.62 Å². The number of benzene rings is 3. The van der Waals surface area contributed by atoms with Crippen LogP contribution in [0.3, 0.4) is 0 Å². The molecule has 0 spiro atoms. The summed E-state index contributed by atoms with van der Waals surface area (Å²) in [6, 6.07) is 17.5. The maximum atomic E-state index is 14.1. The fraction of sp³-hybridized carbons (Fsp3) is 0.310. The van der Waals surface area contributed by atoms with Crippen molar-refractivity contribution in [2.75, 3.05) is 17.4 Å². The number of hydrogen-bond donors (Lipinski definition) is 1. The zero-order valence-corrected chi connectivity index (χ0v) is 24.8. The first-order chi connectivity index (χ1) is 18.5. The first kappa shape index (κ1) is 30.5. The lowest BCUT2D eigenvalue weighted by Crippen LogP contribution is -2.52. The lowest BCUT2D eigenvalue weighted by molar-refractivity contribution is -0.140. The first-order valence-corrected chi connectivity index (χ1v) is 14.9. The van der Waals surface area contributed by atoms with Crippen molar-refractivity contribution < 1.29 is 18.0 Å².